The van der Waals surface area contributed by atoms with Gasteiger partial charge in [0.25, 0.3) is 0 Å². The van der Waals surface area contributed by atoms with Crippen molar-refractivity contribution < 1.29 is 4.39 Å². The van der Waals surface area contributed by atoms with Crippen molar-refractivity contribution in [2.45, 2.75) is 38.5 Å². The summed E-state index contributed by atoms with van der Waals surface area (Å²) in [5.41, 5.74) is 24.6. The second-order valence-electron chi connectivity index (χ2n) is 21.4. The second kappa shape index (κ2) is 17.0. The van der Waals surface area contributed by atoms with Crippen LogP contribution in [0.4, 0.5) is 21.5 Å². The highest BCUT2D eigenvalue weighted by molar-refractivity contribution is 6.10. The summed E-state index contributed by atoms with van der Waals surface area (Å²) in [5, 5.41) is 3.54. The number of anilines is 3. The smallest absolute Gasteiger partial charge is 0.123 e. The highest BCUT2D eigenvalue weighted by Gasteiger charge is 2.39. The van der Waals surface area contributed by atoms with Crippen LogP contribution in [0.5, 0.6) is 0 Å². The monoisotopic (exact) mass is 964 g/mol. The molecule has 0 bridgehead atoms. The fraction of sp³-hybridized carbons (Fsp3) is 0.0833. The number of nitrogens with zero attached hydrogens (tertiary/aromatic N) is 2. The van der Waals surface area contributed by atoms with Gasteiger partial charge in [-0.25, -0.2) is 4.39 Å². The normalized spacial score (nSPS) is 13.6. The lowest BCUT2D eigenvalue weighted by Gasteiger charge is -2.29. The van der Waals surface area contributed by atoms with E-state index in [-0.39, 0.29) is 16.6 Å². The van der Waals surface area contributed by atoms with Crippen LogP contribution in [0.15, 0.2) is 249 Å². The lowest BCUT2D eigenvalue weighted by atomic mass is 9.81. The molecule has 2 nitrogen and oxygen atoms in total. The summed E-state index contributed by atoms with van der Waals surface area (Å²) >= 11 is 0. The Labute approximate surface area is 438 Å². The van der Waals surface area contributed by atoms with Crippen LogP contribution < -0.4 is 4.90 Å². The largest absolute Gasteiger partial charge is 0.310 e. The molecule has 0 amide bonds. The van der Waals surface area contributed by atoms with Gasteiger partial charge in [0.1, 0.15) is 5.82 Å². The molecule has 0 N–H and O–H groups in total. The number of fused-ring (bicyclic) bond motifs is 8. The van der Waals surface area contributed by atoms with E-state index in [4.69, 9.17) is 0 Å². The fourth-order valence-electron chi connectivity index (χ4n) is 12.7. The van der Waals surface area contributed by atoms with Gasteiger partial charge in [0.05, 0.1) is 16.9 Å². The third-order valence-corrected chi connectivity index (χ3v) is 16.5. The SMILES string of the molecule is CC1(C)c2ccccc2-c2ccc(N(c3ccc(-c4ccccc4)cc3)c3ccc(-c4ccc5c(c4)C(C)(C)c4cc6c(cc4-5)c(-c4ccccc4)c(-c4ccccc4)n6-c4ccc(F)cc4)c4ccccc34)cc21. The summed E-state index contributed by atoms with van der Waals surface area (Å²) in [6, 6.07) is 89.4. The number of hydrogen-bond acceptors (Lipinski definition) is 1. The molecule has 3 heteroatoms. The third kappa shape index (κ3) is 6.99. The molecule has 0 radical (unpaired) electrons. The van der Waals surface area contributed by atoms with Gasteiger partial charge in [-0.2, -0.15) is 0 Å². The zero-order valence-corrected chi connectivity index (χ0v) is 42.4. The summed E-state index contributed by atoms with van der Waals surface area (Å²) in [7, 11) is 0. The molecule has 0 fully saturated rings. The van der Waals surface area contributed by atoms with E-state index in [0.29, 0.717) is 0 Å². The van der Waals surface area contributed by atoms with Crippen molar-refractivity contribution in [2.75, 3.05) is 4.90 Å². The van der Waals surface area contributed by atoms with Gasteiger partial charge in [-0.05, 0) is 156 Å². The maximum absolute atomic E-state index is 14.6. The molecule has 0 saturated heterocycles. The third-order valence-electron chi connectivity index (χ3n) is 16.5. The average Bonchev–Trinajstić information content (AvgIpc) is 4.11. The van der Waals surface area contributed by atoms with Crippen LogP contribution in [-0.4, -0.2) is 4.57 Å². The summed E-state index contributed by atoms with van der Waals surface area (Å²) in [6.07, 6.45) is 0. The molecule has 12 aromatic rings. The van der Waals surface area contributed by atoms with Gasteiger partial charge in [-0.1, -0.05) is 204 Å². The molecule has 358 valence electrons. The van der Waals surface area contributed by atoms with Gasteiger partial charge in [0, 0.05) is 44.2 Å². The Balaban J connectivity index is 0.923. The molecule has 1 aromatic heterocycles. The van der Waals surface area contributed by atoms with Crippen LogP contribution in [0, 0.1) is 5.82 Å². The van der Waals surface area contributed by atoms with E-state index >= 15 is 0 Å². The van der Waals surface area contributed by atoms with E-state index in [1.165, 1.54) is 77.5 Å². The first-order valence-corrected chi connectivity index (χ1v) is 26.1. The highest BCUT2D eigenvalue weighted by atomic mass is 19.1. The summed E-state index contributed by atoms with van der Waals surface area (Å²) < 4.78 is 17.0. The van der Waals surface area contributed by atoms with Crippen molar-refractivity contribution in [3.05, 3.63) is 277 Å². The van der Waals surface area contributed by atoms with Crippen molar-refractivity contribution in [1.29, 1.82) is 0 Å². The van der Waals surface area contributed by atoms with E-state index in [2.05, 4.69) is 262 Å². The molecule has 2 aliphatic rings. The van der Waals surface area contributed by atoms with Crippen LogP contribution >= 0.6 is 0 Å². The Bertz CT molecular complexity index is 4210. The molecule has 0 unspecified atom stereocenters. The average molecular weight is 965 g/mol. The minimum absolute atomic E-state index is 0.147. The lowest BCUT2D eigenvalue weighted by molar-refractivity contribution is 0.627. The minimum atomic E-state index is -0.327. The van der Waals surface area contributed by atoms with Gasteiger partial charge < -0.3 is 9.47 Å². The molecular weight excluding hydrogens is 912 g/mol. The first kappa shape index (κ1) is 44.6. The number of aromatic nitrogens is 1. The number of rotatable bonds is 8. The summed E-state index contributed by atoms with van der Waals surface area (Å²) in [5.74, 6) is -0.253. The molecule has 1 heterocycles. The maximum atomic E-state index is 14.6. The molecule has 75 heavy (non-hydrogen) atoms. The van der Waals surface area contributed by atoms with E-state index < -0.39 is 0 Å². The predicted octanol–water partition coefficient (Wildman–Crippen LogP) is 19.7. The summed E-state index contributed by atoms with van der Waals surface area (Å²) in [6.45, 7) is 9.45. The van der Waals surface area contributed by atoms with Gasteiger partial charge in [-0.3, -0.25) is 0 Å². The van der Waals surface area contributed by atoms with E-state index in [1.807, 2.05) is 12.1 Å². The topological polar surface area (TPSA) is 8.17 Å². The molecule has 2 aliphatic carbocycles. The van der Waals surface area contributed by atoms with E-state index in [0.717, 1.165) is 56.0 Å². The maximum Gasteiger partial charge on any atom is 0.123 e. The van der Waals surface area contributed by atoms with Crippen molar-refractivity contribution >= 4 is 38.7 Å². The molecule has 14 rings (SSSR count). The second-order valence-corrected chi connectivity index (χ2v) is 21.4. The molecule has 0 spiro atoms. The molecular formula is C72H53FN2. The Morgan fingerprint density at radius 2 is 0.867 bits per heavy atom. The van der Waals surface area contributed by atoms with Crippen LogP contribution in [0.25, 0.3) is 94.3 Å². The van der Waals surface area contributed by atoms with Crippen LogP contribution in [0.1, 0.15) is 49.9 Å². The van der Waals surface area contributed by atoms with Gasteiger partial charge in [0.2, 0.25) is 0 Å². The quantitative estimate of drug-likeness (QED) is 0.147. The van der Waals surface area contributed by atoms with Gasteiger partial charge >= 0.3 is 0 Å². The lowest BCUT2D eigenvalue weighted by Crippen LogP contribution is -2.16. The first-order valence-electron chi connectivity index (χ1n) is 26.1. The minimum Gasteiger partial charge on any atom is -0.310 e. The molecule has 0 saturated carbocycles. The highest BCUT2D eigenvalue weighted by Crippen LogP contribution is 2.55. The van der Waals surface area contributed by atoms with E-state index in [1.54, 1.807) is 12.1 Å². The van der Waals surface area contributed by atoms with E-state index in [9.17, 15) is 4.39 Å². The fourth-order valence-corrected chi connectivity index (χ4v) is 12.7. The molecule has 0 atom stereocenters. The standard InChI is InChI=1S/C72H53FN2/c1-71(2)63-27-17-16-25-57(63)58-39-37-54(43-65(58)71)74(52-33-28-47(29-34-52)46-18-8-5-9-19-46)67-41-40-55(56-24-14-15-26-60(56)67)50-30-38-59-61-44-62-68(45-66(61)72(3,4)64(59)42-50)75(53-35-31-51(73)32-36-53)70(49-22-12-7-13-23-49)69(62)48-20-10-6-11-21-48/h5-45H,1-4H3. The van der Waals surface area contributed by atoms with Crippen molar-refractivity contribution in [3.8, 4) is 72.6 Å². The van der Waals surface area contributed by atoms with Crippen LogP contribution in [-0.2, 0) is 10.8 Å². The van der Waals surface area contributed by atoms with Crippen molar-refractivity contribution in [1.82, 2.24) is 4.57 Å². The zero-order chi connectivity index (χ0) is 50.6. The zero-order valence-electron chi connectivity index (χ0n) is 42.4. The molecule has 0 aliphatic heterocycles. The van der Waals surface area contributed by atoms with Gasteiger partial charge in [-0.15, -0.1) is 0 Å². The predicted molar refractivity (Wildman–Crippen MR) is 312 cm³/mol. The van der Waals surface area contributed by atoms with Crippen LogP contribution in [0.2, 0.25) is 0 Å². The van der Waals surface area contributed by atoms with Crippen molar-refractivity contribution in [2.24, 2.45) is 0 Å². The first-order chi connectivity index (χ1) is 36.6. The Morgan fingerprint density at radius 1 is 0.347 bits per heavy atom. The van der Waals surface area contributed by atoms with Gasteiger partial charge in [0.15, 0.2) is 0 Å². The Morgan fingerprint density at radius 3 is 1.60 bits per heavy atom. The summed E-state index contributed by atoms with van der Waals surface area (Å²) in [4.78, 5) is 2.46. The number of halogens is 1. The molecule has 11 aromatic carbocycles. The van der Waals surface area contributed by atoms with Crippen molar-refractivity contribution in [3.63, 3.8) is 0 Å². The Hall–Kier alpha value is -9.05. The van der Waals surface area contributed by atoms with Crippen LogP contribution in [0.3, 0.4) is 0 Å². The Kier molecular flexibility index (Phi) is 10.1. The number of benzene rings is 11. The number of hydrogen-bond donors (Lipinski definition) is 0.